The number of aliphatic imine (C=N–C) groups is 1. The lowest BCUT2D eigenvalue weighted by molar-refractivity contribution is -0.0352. The smallest absolute Gasteiger partial charge is 0.217 e. The first-order valence-corrected chi connectivity index (χ1v) is 8.19. The molecule has 4 rings (SSSR count). The molecule has 0 fully saturated rings. The Hall–Kier alpha value is -2.69. The number of ether oxygens (including phenoxy) is 2. The summed E-state index contributed by atoms with van der Waals surface area (Å²) in [6.07, 6.45) is -0.317. The highest BCUT2D eigenvalue weighted by Gasteiger charge is 2.49. The van der Waals surface area contributed by atoms with E-state index in [1.54, 1.807) is 18.2 Å². The molecule has 0 amide bonds. The van der Waals surface area contributed by atoms with Gasteiger partial charge in [-0.2, -0.15) is 0 Å². The number of nitrogens with zero attached hydrogens (tertiary/aromatic N) is 1. The van der Waals surface area contributed by atoms with Crippen molar-refractivity contribution in [3.63, 3.8) is 0 Å². The minimum Gasteiger partial charge on any atom is -0.484 e. The molecule has 2 aromatic rings. The SMILES string of the molecule is CC(=O)c1ccc2c(c1)[C@@H]1N=C(c3ccc(F)cc3)O[C@@H]1C(C)(C)O2. The molecule has 2 aliphatic rings. The fraction of sp³-hybridized carbons (Fsp3) is 0.300. The highest BCUT2D eigenvalue weighted by molar-refractivity contribution is 5.96. The van der Waals surface area contributed by atoms with Gasteiger partial charge in [-0.15, -0.1) is 0 Å². The van der Waals surface area contributed by atoms with E-state index >= 15 is 0 Å². The van der Waals surface area contributed by atoms with Gasteiger partial charge in [0.05, 0.1) is 0 Å². The van der Waals surface area contributed by atoms with Gasteiger partial charge in [0.15, 0.2) is 11.9 Å². The summed E-state index contributed by atoms with van der Waals surface area (Å²) in [5.41, 5.74) is 1.59. The summed E-state index contributed by atoms with van der Waals surface area (Å²) in [6, 6.07) is 11.2. The van der Waals surface area contributed by atoms with Crippen LogP contribution >= 0.6 is 0 Å². The van der Waals surface area contributed by atoms with Crippen LogP contribution in [0.25, 0.3) is 0 Å². The average Bonchev–Trinajstić information content (AvgIpc) is 3.01. The van der Waals surface area contributed by atoms with Crippen LogP contribution < -0.4 is 4.74 Å². The molecule has 4 nitrogen and oxygen atoms in total. The Labute approximate surface area is 145 Å². The van der Waals surface area contributed by atoms with Crippen molar-refractivity contribution in [2.75, 3.05) is 0 Å². The Morgan fingerprint density at radius 2 is 1.88 bits per heavy atom. The molecule has 2 heterocycles. The van der Waals surface area contributed by atoms with Crippen LogP contribution in [0.15, 0.2) is 47.5 Å². The number of carbonyl (C=O) groups excluding carboxylic acids is 1. The quantitative estimate of drug-likeness (QED) is 0.775. The normalized spacial score (nSPS) is 23.0. The molecule has 0 saturated carbocycles. The Morgan fingerprint density at radius 1 is 1.16 bits per heavy atom. The van der Waals surface area contributed by atoms with Crippen molar-refractivity contribution < 1.29 is 18.7 Å². The van der Waals surface area contributed by atoms with Crippen LogP contribution in [0.5, 0.6) is 5.75 Å². The molecule has 0 aliphatic carbocycles. The van der Waals surface area contributed by atoms with Gasteiger partial charge in [0, 0.05) is 16.7 Å². The summed E-state index contributed by atoms with van der Waals surface area (Å²) in [7, 11) is 0. The largest absolute Gasteiger partial charge is 0.484 e. The molecule has 5 heteroatoms. The molecule has 2 aromatic carbocycles. The first-order chi connectivity index (χ1) is 11.8. The second-order valence-electron chi connectivity index (χ2n) is 6.94. The summed E-state index contributed by atoms with van der Waals surface area (Å²) in [4.78, 5) is 16.5. The van der Waals surface area contributed by atoms with Crippen LogP contribution in [0.2, 0.25) is 0 Å². The van der Waals surface area contributed by atoms with Crippen LogP contribution in [0, 0.1) is 5.82 Å². The first-order valence-electron chi connectivity index (χ1n) is 8.19. The molecule has 0 aromatic heterocycles. The maximum atomic E-state index is 13.2. The zero-order chi connectivity index (χ0) is 17.8. The van der Waals surface area contributed by atoms with Crippen molar-refractivity contribution in [1.29, 1.82) is 0 Å². The molecule has 0 radical (unpaired) electrons. The Bertz CT molecular complexity index is 886. The molecule has 0 bridgehead atoms. The fourth-order valence-electron chi connectivity index (χ4n) is 3.33. The minimum atomic E-state index is -0.583. The lowest BCUT2D eigenvalue weighted by atomic mass is 9.86. The molecule has 0 N–H and O–H groups in total. The predicted octanol–water partition coefficient (Wildman–Crippen LogP) is 4.09. The maximum absolute atomic E-state index is 13.2. The summed E-state index contributed by atoms with van der Waals surface area (Å²) < 4.78 is 25.4. The maximum Gasteiger partial charge on any atom is 0.217 e. The van der Waals surface area contributed by atoms with Crippen molar-refractivity contribution in [2.45, 2.75) is 38.5 Å². The minimum absolute atomic E-state index is 0.00848. The Balaban J connectivity index is 1.80. The Kier molecular flexibility index (Phi) is 3.42. The lowest BCUT2D eigenvalue weighted by Gasteiger charge is -2.39. The monoisotopic (exact) mass is 339 g/mol. The van der Waals surface area contributed by atoms with E-state index in [4.69, 9.17) is 14.5 Å². The number of halogens is 1. The van der Waals surface area contributed by atoms with E-state index in [1.807, 2.05) is 26.0 Å². The third-order valence-electron chi connectivity index (χ3n) is 4.67. The van der Waals surface area contributed by atoms with Gasteiger partial charge < -0.3 is 9.47 Å². The first kappa shape index (κ1) is 15.8. The van der Waals surface area contributed by atoms with Crippen molar-refractivity contribution in [1.82, 2.24) is 0 Å². The van der Waals surface area contributed by atoms with E-state index in [9.17, 15) is 9.18 Å². The third-order valence-corrected chi connectivity index (χ3v) is 4.67. The molecule has 0 saturated heterocycles. The predicted molar refractivity (Wildman–Crippen MR) is 91.7 cm³/mol. The highest BCUT2D eigenvalue weighted by Crippen LogP contribution is 2.46. The second kappa shape index (κ2) is 5.41. The second-order valence-corrected chi connectivity index (χ2v) is 6.94. The van der Waals surface area contributed by atoms with Gasteiger partial charge in [-0.1, -0.05) is 0 Å². The van der Waals surface area contributed by atoms with Gasteiger partial charge in [-0.3, -0.25) is 4.79 Å². The Morgan fingerprint density at radius 3 is 2.56 bits per heavy atom. The van der Waals surface area contributed by atoms with Crippen LogP contribution in [0.3, 0.4) is 0 Å². The van der Waals surface area contributed by atoms with Crippen LogP contribution in [-0.2, 0) is 4.74 Å². The van der Waals surface area contributed by atoms with E-state index in [1.165, 1.54) is 19.1 Å². The number of carbonyl (C=O) groups is 1. The summed E-state index contributed by atoms with van der Waals surface area (Å²) >= 11 is 0. The van der Waals surface area contributed by atoms with Gasteiger partial charge in [0.2, 0.25) is 5.90 Å². The average molecular weight is 339 g/mol. The van der Waals surface area contributed by atoms with Gasteiger partial charge in [-0.05, 0) is 63.2 Å². The summed E-state index contributed by atoms with van der Waals surface area (Å²) in [5, 5.41) is 0. The number of benzene rings is 2. The molecular formula is C20H18FNO3. The van der Waals surface area contributed by atoms with Crippen LogP contribution in [-0.4, -0.2) is 23.4 Å². The van der Waals surface area contributed by atoms with E-state index in [2.05, 4.69) is 0 Å². The van der Waals surface area contributed by atoms with Gasteiger partial charge >= 0.3 is 0 Å². The zero-order valence-corrected chi connectivity index (χ0v) is 14.2. The lowest BCUT2D eigenvalue weighted by Crippen LogP contribution is -2.48. The molecule has 0 spiro atoms. The number of rotatable bonds is 2. The molecule has 0 unspecified atom stereocenters. The standard InChI is InChI=1S/C20H18FNO3/c1-11(23)13-6-9-16-15(10-13)17-18(20(2,3)25-16)24-19(22-17)12-4-7-14(21)8-5-12/h4-10,17-18H,1-3H3/t17-,18-/m0/s1. The van der Waals surface area contributed by atoms with Crippen molar-refractivity contribution >= 4 is 11.7 Å². The van der Waals surface area contributed by atoms with Gasteiger partial charge in [0.25, 0.3) is 0 Å². The fourth-order valence-corrected chi connectivity index (χ4v) is 3.33. The number of hydrogen-bond donors (Lipinski definition) is 0. The molecule has 2 atom stereocenters. The highest BCUT2D eigenvalue weighted by atomic mass is 19.1. The number of fused-ring (bicyclic) bond motifs is 3. The summed E-state index contributed by atoms with van der Waals surface area (Å²) in [6.45, 7) is 5.44. The van der Waals surface area contributed by atoms with Crippen molar-refractivity contribution in [3.8, 4) is 5.75 Å². The molecule has 128 valence electrons. The number of hydrogen-bond acceptors (Lipinski definition) is 4. The van der Waals surface area contributed by atoms with Gasteiger partial charge in [0.1, 0.15) is 23.2 Å². The van der Waals surface area contributed by atoms with Crippen LogP contribution in [0.1, 0.15) is 48.3 Å². The van der Waals surface area contributed by atoms with E-state index in [-0.39, 0.29) is 23.7 Å². The number of ketones is 1. The number of Topliss-reactive ketones (excluding diaryl/α,β-unsaturated/α-hetero) is 1. The van der Waals surface area contributed by atoms with E-state index in [0.29, 0.717) is 17.2 Å². The molecule has 25 heavy (non-hydrogen) atoms. The molecular weight excluding hydrogens is 321 g/mol. The van der Waals surface area contributed by atoms with Crippen LogP contribution in [0.4, 0.5) is 4.39 Å². The van der Waals surface area contributed by atoms with E-state index < -0.39 is 5.60 Å². The molecule has 2 aliphatic heterocycles. The van der Waals surface area contributed by atoms with Crippen molar-refractivity contribution in [2.24, 2.45) is 4.99 Å². The zero-order valence-electron chi connectivity index (χ0n) is 14.2. The topological polar surface area (TPSA) is 47.9 Å². The van der Waals surface area contributed by atoms with E-state index in [0.717, 1.165) is 11.1 Å². The summed E-state index contributed by atoms with van der Waals surface area (Å²) in [5.74, 6) is 0.863. The van der Waals surface area contributed by atoms with Crippen molar-refractivity contribution in [3.05, 3.63) is 65.0 Å². The third kappa shape index (κ3) is 2.60. The van der Waals surface area contributed by atoms with Gasteiger partial charge in [-0.25, -0.2) is 9.38 Å².